The van der Waals surface area contributed by atoms with Gasteiger partial charge in [-0.2, -0.15) is 5.26 Å². The number of pyridine rings is 1. The molecule has 0 bridgehead atoms. The molecule has 2 N–H and O–H groups in total. The van der Waals surface area contributed by atoms with Crippen LogP contribution in [0.25, 0.3) is 0 Å². The first-order chi connectivity index (χ1) is 14.3. The Hall–Kier alpha value is -3.05. The first-order valence-corrected chi connectivity index (χ1v) is 9.63. The van der Waals surface area contributed by atoms with Crippen molar-refractivity contribution in [2.24, 2.45) is 16.6 Å². The van der Waals surface area contributed by atoms with E-state index in [-0.39, 0.29) is 46.5 Å². The van der Waals surface area contributed by atoms with Gasteiger partial charge in [-0.25, -0.2) is 13.8 Å². The van der Waals surface area contributed by atoms with Gasteiger partial charge >= 0.3 is 0 Å². The highest BCUT2D eigenvalue weighted by Gasteiger charge is 2.60. The van der Waals surface area contributed by atoms with E-state index in [9.17, 15) is 13.6 Å². The number of ketones is 1. The number of aromatic nitrogens is 1. The number of benzene rings is 1. The van der Waals surface area contributed by atoms with Gasteiger partial charge in [0, 0.05) is 24.1 Å². The summed E-state index contributed by atoms with van der Waals surface area (Å²) >= 11 is 6.08. The molecule has 1 aromatic carbocycles. The molecule has 0 amide bonds. The molecule has 3 atom stereocenters. The molecule has 30 heavy (non-hydrogen) atoms. The van der Waals surface area contributed by atoms with Crippen molar-refractivity contribution in [1.82, 2.24) is 4.98 Å². The van der Waals surface area contributed by atoms with E-state index in [0.29, 0.717) is 23.1 Å². The molecule has 2 aromatic rings. The molecule has 1 aromatic heterocycles. The summed E-state index contributed by atoms with van der Waals surface area (Å²) in [6.45, 7) is 0.703. The fourth-order valence-electron chi connectivity index (χ4n) is 3.99. The molecule has 1 saturated carbocycles. The van der Waals surface area contributed by atoms with Crippen molar-refractivity contribution in [3.8, 4) is 6.07 Å². The van der Waals surface area contributed by atoms with Gasteiger partial charge in [0.05, 0.1) is 10.6 Å². The van der Waals surface area contributed by atoms with Crippen molar-refractivity contribution in [2.75, 3.05) is 6.67 Å². The predicted molar refractivity (Wildman–Crippen MR) is 105 cm³/mol. The number of halogens is 3. The predicted octanol–water partition coefficient (Wildman–Crippen LogP) is 3.38. The summed E-state index contributed by atoms with van der Waals surface area (Å²) in [6, 6.07) is 6.08. The summed E-state index contributed by atoms with van der Waals surface area (Å²) in [4.78, 5) is 20.9. The molecule has 0 radical (unpaired) electrons. The van der Waals surface area contributed by atoms with E-state index >= 15 is 0 Å². The zero-order valence-electron chi connectivity index (χ0n) is 16.0. The highest BCUT2D eigenvalue weighted by Crippen LogP contribution is 2.54. The van der Waals surface area contributed by atoms with Gasteiger partial charge in [0.1, 0.15) is 35.9 Å². The summed E-state index contributed by atoms with van der Waals surface area (Å²) in [5, 5.41) is 8.71. The maximum Gasteiger partial charge on any atom is 0.283 e. The SMILES string of the molecule is Cc1cc(C#N)cnc1C(=O)Cc1cc(Cl)c(F)c([C@@]2(CF)N=C(N)O[C@@H]3C[C@@H]32)c1. The van der Waals surface area contributed by atoms with Crippen LogP contribution in [0.1, 0.15) is 39.2 Å². The van der Waals surface area contributed by atoms with E-state index in [0.717, 1.165) is 0 Å². The van der Waals surface area contributed by atoms with Gasteiger partial charge in [0.15, 0.2) is 5.78 Å². The lowest BCUT2D eigenvalue weighted by molar-refractivity contribution is 0.0987. The molecule has 1 aliphatic carbocycles. The van der Waals surface area contributed by atoms with Crippen LogP contribution in [0.2, 0.25) is 5.02 Å². The number of aryl methyl sites for hydroxylation is 1. The Labute approximate surface area is 176 Å². The Morgan fingerprint density at radius 1 is 1.47 bits per heavy atom. The summed E-state index contributed by atoms with van der Waals surface area (Å²) in [5.74, 6) is -1.48. The second kappa shape index (κ2) is 7.33. The monoisotopic (exact) mass is 430 g/mol. The van der Waals surface area contributed by atoms with Crippen molar-refractivity contribution < 1.29 is 18.3 Å². The van der Waals surface area contributed by atoms with Gasteiger partial charge < -0.3 is 10.5 Å². The third-order valence-electron chi connectivity index (χ3n) is 5.52. The number of fused-ring (bicyclic) bond motifs is 1. The fourth-order valence-corrected chi connectivity index (χ4v) is 4.23. The number of ether oxygens (including phenoxy) is 1. The minimum absolute atomic E-state index is 0.0384. The molecule has 9 heteroatoms. The molecule has 1 aliphatic heterocycles. The van der Waals surface area contributed by atoms with E-state index < -0.39 is 18.0 Å². The number of carbonyl (C=O) groups is 1. The number of hydrogen-bond acceptors (Lipinski definition) is 6. The molecule has 2 heterocycles. The molecule has 0 spiro atoms. The van der Waals surface area contributed by atoms with Crippen LogP contribution in [0, 0.1) is 30.0 Å². The molecule has 154 valence electrons. The minimum atomic E-state index is -1.53. The van der Waals surface area contributed by atoms with Crippen LogP contribution in [0.4, 0.5) is 8.78 Å². The first-order valence-electron chi connectivity index (χ1n) is 9.25. The van der Waals surface area contributed by atoms with Crippen molar-refractivity contribution in [3.05, 3.63) is 63.2 Å². The van der Waals surface area contributed by atoms with Crippen molar-refractivity contribution in [3.63, 3.8) is 0 Å². The lowest BCUT2D eigenvalue weighted by atomic mass is 9.84. The van der Waals surface area contributed by atoms with Crippen LogP contribution in [-0.4, -0.2) is 29.6 Å². The number of alkyl halides is 1. The standard InChI is InChI=1S/C21H17ClF2N4O2/c1-10-2-12(7-25)8-27-19(10)16(29)5-11-3-14(18(24)15(22)4-11)21(9-23)13-6-17(13)30-20(26)28-21/h2-4,8,13,17H,5-6,9H2,1H3,(H2,26,28)/t13-,17+,21-/m0/s1. The number of aliphatic imine (C=N–C) groups is 1. The normalized spacial score (nSPS) is 24.3. The average molecular weight is 431 g/mol. The molecular weight excluding hydrogens is 414 g/mol. The highest BCUT2D eigenvalue weighted by molar-refractivity contribution is 6.31. The summed E-state index contributed by atoms with van der Waals surface area (Å²) in [6.07, 6.45) is 1.38. The van der Waals surface area contributed by atoms with Crippen LogP contribution in [0.15, 0.2) is 29.4 Å². The average Bonchev–Trinajstić information content (AvgIpc) is 3.49. The summed E-state index contributed by atoms with van der Waals surface area (Å²) in [7, 11) is 0. The maximum atomic E-state index is 14.9. The smallest absolute Gasteiger partial charge is 0.283 e. The third-order valence-corrected chi connectivity index (χ3v) is 5.80. The van der Waals surface area contributed by atoms with Gasteiger partial charge in [-0.15, -0.1) is 0 Å². The maximum absolute atomic E-state index is 14.9. The molecular formula is C21H17ClF2N4O2. The van der Waals surface area contributed by atoms with Crippen LogP contribution >= 0.6 is 11.6 Å². The Balaban J connectivity index is 1.72. The number of hydrogen-bond donors (Lipinski definition) is 1. The molecule has 1 fully saturated rings. The Morgan fingerprint density at radius 3 is 2.90 bits per heavy atom. The van der Waals surface area contributed by atoms with Gasteiger partial charge in [-0.1, -0.05) is 11.6 Å². The number of rotatable bonds is 5. The zero-order chi connectivity index (χ0) is 21.6. The molecule has 2 aliphatic rings. The second-order valence-electron chi connectivity index (χ2n) is 7.55. The van der Waals surface area contributed by atoms with Gasteiger partial charge in [0.2, 0.25) is 0 Å². The van der Waals surface area contributed by atoms with Gasteiger partial charge in [-0.05, 0) is 42.7 Å². The number of nitriles is 1. The Kier molecular flexibility index (Phi) is 4.94. The van der Waals surface area contributed by atoms with Gasteiger partial charge in [-0.3, -0.25) is 9.78 Å². The Bertz CT molecular complexity index is 1130. The van der Waals surface area contributed by atoms with Crippen LogP contribution < -0.4 is 5.73 Å². The number of carbonyl (C=O) groups excluding carboxylic acids is 1. The fraction of sp³-hybridized carbons (Fsp3) is 0.333. The lowest BCUT2D eigenvalue weighted by Gasteiger charge is -2.32. The van der Waals surface area contributed by atoms with Crippen molar-refractivity contribution >= 4 is 23.4 Å². The first kappa shape index (κ1) is 20.2. The minimum Gasteiger partial charge on any atom is -0.462 e. The third kappa shape index (κ3) is 3.29. The van der Waals surface area contributed by atoms with Crippen LogP contribution in [0.3, 0.4) is 0 Å². The zero-order valence-corrected chi connectivity index (χ0v) is 16.7. The molecule has 4 rings (SSSR count). The van der Waals surface area contributed by atoms with E-state index in [1.165, 1.54) is 18.3 Å². The molecule has 0 unspecified atom stereocenters. The number of Topliss-reactive ketones (excluding diaryl/α,β-unsaturated/α-hetero) is 1. The van der Waals surface area contributed by atoms with Crippen molar-refractivity contribution in [2.45, 2.75) is 31.4 Å². The number of amidine groups is 1. The quantitative estimate of drug-likeness (QED) is 0.733. The molecule has 0 saturated heterocycles. The number of nitrogens with zero attached hydrogens (tertiary/aromatic N) is 3. The highest BCUT2D eigenvalue weighted by atomic mass is 35.5. The summed E-state index contributed by atoms with van der Waals surface area (Å²) in [5.41, 5.74) is 5.61. The van der Waals surface area contributed by atoms with Gasteiger partial charge in [0.25, 0.3) is 6.02 Å². The second-order valence-corrected chi connectivity index (χ2v) is 7.95. The van der Waals surface area contributed by atoms with E-state index in [4.69, 9.17) is 27.3 Å². The molecule has 6 nitrogen and oxygen atoms in total. The Morgan fingerprint density at radius 2 is 2.23 bits per heavy atom. The largest absolute Gasteiger partial charge is 0.462 e. The van der Waals surface area contributed by atoms with E-state index in [1.54, 1.807) is 13.0 Å². The van der Waals surface area contributed by atoms with Crippen LogP contribution in [0.5, 0.6) is 0 Å². The number of nitrogens with two attached hydrogens (primary N) is 1. The topological polar surface area (TPSA) is 101 Å². The van der Waals surface area contributed by atoms with E-state index in [1.807, 2.05) is 6.07 Å². The van der Waals surface area contributed by atoms with Crippen molar-refractivity contribution in [1.29, 1.82) is 5.26 Å². The van der Waals surface area contributed by atoms with Crippen LogP contribution in [-0.2, 0) is 16.7 Å². The summed E-state index contributed by atoms with van der Waals surface area (Å²) < 4.78 is 34.5. The lowest BCUT2D eigenvalue weighted by Crippen LogP contribution is -2.40. The van der Waals surface area contributed by atoms with E-state index in [2.05, 4.69) is 9.98 Å².